The summed E-state index contributed by atoms with van der Waals surface area (Å²) in [6.45, 7) is 0.149. The second kappa shape index (κ2) is 6.51. The number of anilines is 1. The van der Waals surface area contributed by atoms with Gasteiger partial charge in [-0.05, 0) is 18.2 Å². The number of benzene rings is 2. The molecule has 0 atom stereocenters. The van der Waals surface area contributed by atoms with Crippen LogP contribution in [-0.2, 0) is 11.3 Å². The van der Waals surface area contributed by atoms with Gasteiger partial charge in [0.05, 0.1) is 0 Å². The first kappa shape index (κ1) is 14.5. The van der Waals surface area contributed by atoms with Gasteiger partial charge in [-0.15, -0.1) is 0 Å². The lowest BCUT2D eigenvalue weighted by molar-refractivity contribution is -0.119. The van der Waals surface area contributed by atoms with Crippen LogP contribution in [0.4, 0.5) is 5.69 Å². The van der Waals surface area contributed by atoms with Crippen LogP contribution < -0.4 is 15.8 Å². The van der Waals surface area contributed by atoms with Gasteiger partial charge in [0.15, 0.2) is 18.1 Å². The zero-order chi connectivity index (χ0) is 15.2. The third kappa shape index (κ3) is 4.04. The molecule has 1 amide bonds. The third-order valence-electron chi connectivity index (χ3n) is 2.80. The molecule has 0 aliphatic rings. The molecule has 6 nitrogen and oxygen atoms in total. The van der Waals surface area contributed by atoms with Gasteiger partial charge in [0.25, 0.3) is 5.91 Å². The Balaban J connectivity index is 2.01. The topological polar surface area (TPSA) is 105 Å². The first-order valence-corrected chi connectivity index (χ1v) is 6.31. The number of hydrogen-bond acceptors (Lipinski definition) is 5. The van der Waals surface area contributed by atoms with E-state index in [9.17, 15) is 15.0 Å². The second-order valence-electron chi connectivity index (χ2n) is 4.42. The van der Waals surface area contributed by atoms with Crippen LogP contribution in [0, 0.1) is 0 Å². The van der Waals surface area contributed by atoms with Crippen molar-refractivity contribution in [2.75, 3.05) is 11.9 Å². The molecule has 0 aliphatic carbocycles. The van der Waals surface area contributed by atoms with Crippen LogP contribution in [0.5, 0.6) is 17.2 Å². The molecule has 0 saturated carbocycles. The highest BCUT2D eigenvalue weighted by Gasteiger charge is 2.05. The maximum Gasteiger partial charge on any atom is 0.255 e. The molecule has 2 aromatic rings. The maximum absolute atomic E-state index is 10.7. The summed E-state index contributed by atoms with van der Waals surface area (Å²) < 4.78 is 5.20. The Morgan fingerprint density at radius 1 is 1.19 bits per heavy atom. The molecule has 2 aromatic carbocycles. The lowest BCUT2D eigenvalue weighted by Crippen LogP contribution is -2.20. The quantitative estimate of drug-likeness (QED) is 0.604. The van der Waals surface area contributed by atoms with Gasteiger partial charge in [-0.3, -0.25) is 4.79 Å². The summed E-state index contributed by atoms with van der Waals surface area (Å²) in [5.41, 5.74) is 6.33. The summed E-state index contributed by atoms with van der Waals surface area (Å²) in [6.07, 6.45) is 0. The summed E-state index contributed by atoms with van der Waals surface area (Å²) in [5.74, 6) is -0.337. The second-order valence-corrected chi connectivity index (χ2v) is 4.42. The van der Waals surface area contributed by atoms with Crippen LogP contribution in [0.25, 0.3) is 0 Å². The van der Waals surface area contributed by atoms with Gasteiger partial charge in [0, 0.05) is 23.9 Å². The molecule has 2 rings (SSSR count). The molecule has 0 aliphatic heterocycles. The Hall–Kier alpha value is -2.89. The number of aromatic hydroxyl groups is 2. The molecule has 5 N–H and O–H groups in total. The maximum atomic E-state index is 10.7. The molecule has 0 fully saturated rings. The zero-order valence-corrected chi connectivity index (χ0v) is 11.2. The number of carbonyl (C=O) groups excluding carboxylic acids is 1. The molecular formula is C15H16N2O4. The summed E-state index contributed by atoms with van der Waals surface area (Å²) in [6, 6.07) is 11.8. The fourth-order valence-electron chi connectivity index (χ4n) is 1.77. The van der Waals surface area contributed by atoms with Gasteiger partial charge in [-0.1, -0.05) is 18.2 Å². The first-order chi connectivity index (χ1) is 10.1. The normalized spacial score (nSPS) is 10.1. The standard InChI is InChI=1S/C15H16N2O4/c16-14(19)9-21-12-5-2-4-11(7-12)17-8-10-3-1-6-13(18)15(10)20/h1-7,17-18,20H,8-9H2,(H2,16,19). The highest BCUT2D eigenvalue weighted by Crippen LogP contribution is 2.29. The van der Waals surface area contributed by atoms with Crippen molar-refractivity contribution in [1.29, 1.82) is 0 Å². The number of para-hydroxylation sites is 1. The molecule has 0 radical (unpaired) electrons. The zero-order valence-electron chi connectivity index (χ0n) is 11.2. The van der Waals surface area contributed by atoms with Gasteiger partial charge in [0.1, 0.15) is 5.75 Å². The minimum absolute atomic E-state index is 0.147. The molecule has 0 bridgehead atoms. The van der Waals surface area contributed by atoms with Gasteiger partial charge >= 0.3 is 0 Å². The first-order valence-electron chi connectivity index (χ1n) is 6.31. The third-order valence-corrected chi connectivity index (χ3v) is 2.80. The summed E-state index contributed by atoms with van der Waals surface area (Å²) in [4.78, 5) is 10.7. The van der Waals surface area contributed by atoms with E-state index in [2.05, 4.69) is 5.32 Å². The van der Waals surface area contributed by atoms with Crippen LogP contribution >= 0.6 is 0 Å². The van der Waals surface area contributed by atoms with Gasteiger partial charge in [-0.25, -0.2) is 0 Å². The highest BCUT2D eigenvalue weighted by atomic mass is 16.5. The van der Waals surface area contributed by atoms with Gasteiger partial charge < -0.3 is 26.0 Å². The van der Waals surface area contributed by atoms with Crippen molar-refractivity contribution in [3.63, 3.8) is 0 Å². The van der Waals surface area contributed by atoms with Crippen LogP contribution in [-0.4, -0.2) is 22.7 Å². The van der Waals surface area contributed by atoms with E-state index in [0.717, 1.165) is 5.69 Å². The van der Waals surface area contributed by atoms with E-state index in [0.29, 0.717) is 17.9 Å². The molecule has 21 heavy (non-hydrogen) atoms. The number of amides is 1. The van der Waals surface area contributed by atoms with Crippen molar-refractivity contribution in [2.45, 2.75) is 6.54 Å². The predicted molar refractivity (Wildman–Crippen MR) is 78.2 cm³/mol. The number of carbonyl (C=O) groups is 1. The average Bonchev–Trinajstić information content (AvgIpc) is 2.47. The van der Waals surface area contributed by atoms with Crippen LogP contribution in [0.2, 0.25) is 0 Å². The van der Waals surface area contributed by atoms with Crippen molar-refractivity contribution < 1.29 is 19.7 Å². The molecule has 0 saturated heterocycles. The molecule has 6 heteroatoms. The number of hydrogen-bond donors (Lipinski definition) is 4. The number of nitrogens with one attached hydrogen (secondary N) is 1. The highest BCUT2D eigenvalue weighted by molar-refractivity contribution is 5.75. The van der Waals surface area contributed by atoms with Gasteiger partial charge in [-0.2, -0.15) is 0 Å². The van der Waals surface area contributed by atoms with Crippen LogP contribution in [0.15, 0.2) is 42.5 Å². The largest absolute Gasteiger partial charge is 0.504 e. The molecule has 0 aromatic heterocycles. The molecule has 0 heterocycles. The number of phenols is 2. The fraction of sp³-hybridized carbons (Fsp3) is 0.133. The van der Waals surface area contributed by atoms with E-state index in [1.807, 2.05) is 6.07 Å². The molecule has 0 spiro atoms. The van der Waals surface area contributed by atoms with E-state index >= 15 is 0 Å². The number of ether oxygens (including phenoxy) is 1. The van der Waals surface area contributed by atoms with E-state index in [1.165, 1.54) is 6.07 Å². The van der Waals surface area contributed by atoms with E-state index in [-0.39, 0.29) is 18.1 Å². The Bertz CT molecular complexity index is 643. The van der Waals surface area contributed by atoms with Crippen molar-refractivity contribution in [3.8, 4) is 17.2 Å². The lowest BCUT2D eigenvalue weighted by atomic mass is 10.2. The predicted octanol–water partition coefficient (Wildman–Crippen LogP) is 1.57. The Kier molecular flexibility index (Phi) is 4.50. The summed E-state index contributed by atoms with van der Waals surface area (Å²) in [7, 11) is 0. The van der Waals surface area contributed by atoms with Crippen molar-refractivity contribution in [2.24, 2.45) is 5.73 Å². The summed E-state index contributed by atoms with van der Waals surface area (Å²) >= 11 is 0. The van der Waals surface area contributed by atoms with E-state index in [4.69, 9.17) is 10.5 Å². The minimum atomic E-state index is -0.543. The molecule has 0 unspecified atom stereocenters. The average molecular weight is 288 g/mol. The van der Waals surface area contributed by atoms with Crippen LogP contribution in [0.3, 0.4) is 0 Å². The van der Waals surface area contributed by atoms with Crippen molar-refractivity contribution in [3.05, 3.63) is 48.0 Å². The minimum Gasteiger partial charge on any atom is -0.504 e. The van der Waals surface area contributed by atoms with Crippen molar-refractivity contribution >= 4 is 11.6 Å². The number of nitrogens with two attached hydrogens (primary N) is 1. The Morgan fingerprint density at radius 3 is 2.71 bits per heavy atom. The van der Waals surface area contributed by atoms with E-state index in [1.54, 1.807) is 30.3 Å². The Morgan fingerprint density at radius 2 is 1.95 bits per heavy atom. The van der Waals surface area contributed by atoms with Crippen molar-refractivity contribution in [1.82, 2.24) is 0 Å². The smallest absolute Gasteiger partial charge is 0.255 e. The SMILES string of the molecule is NC(=O)COc1cccc(NCc2cccc(O)c2O)c1. The molecular weight excluding hydrogens is 272 g/mol. The fourth-order valence-corrected chi connectivity index (χ4v) is 1.77. The number of rotatable bonds is 6. The molecule has 110 valence electrons. The van der Waals surface area contributed by atoms with E-state index < -0.39 is 5.91 Å². The Labute approximate surface area is 121 Å². The summed E-state index contributed by atoms with van der Waals surface area (Å²) in [5, 5.41) is 22.2. The van der Waals surface area contributed by atoms with Crippen LogP contribution in [0.1, 0.15) is 5.56 Å². The lowest BCUT2D eigenvalue weighted by Gasteiger charge is -2.10. The number of phenolic OH excluding ortho intramolecular Hbond substituents is 2. The number of primary amides is 1. The monoisotopic (exact) mass is 288 g/mol. The van der Waals surface area contributed by atoms with Gasteiger partial charge in [0.2, 0.25) is 0 Å².